The highest BCUT2D eigenvalue weighted by Gasteiger charge is 2.36. The summed E-state index contributed by atoms with van der Waals surface area (Å²) in [6.45, 7) is 0. The Labute approximate surface area is 86.6 Å². The van der Waals surface area contributed by atoms with Crippen LogP contribution in [0.4, 0.5) is 18.9 Å². The highest BCUT2D eigenvalue weighted by Crippen LogP contribution is 2.26. The Balaban J connectivity index is 3.15. The van der Waals surface area contributed by atoms with E-state index in [-0.39, 0.29) is 11.3 Å². The number of alkyl halides is 3. The van der Waals surface area contributed by atoms with Gasteiger partial charge in [0.1, 0.15) is 5.71 Å². The molecule has 0 saturated heterocycles. The number of halogens is 4. The van der Waals surface area contributed by atoms with Gasteiger partial charge in [-0.2, -0.15) is 13.2 Å². The first-order chi connectivity index (χ1) is 6.32. The molecule has 3 N–H and O–H groups in total. The fourth-order valence-electron chi connectivity index (χ4n) is 0.914. The molecule has 0 radical (unpaired) electrons. The van der Waals surface area contributed by atoms with Gasteiger partial charge < -0.3 is 5.73 Å². The van der Waals surface area contributed by atoms with Crippen molar-refractivity contribution in [1.29, 1.82) is 5.41 Å². The van der Waals surface area contributed by atoms with Crippen LogP contribution < -0.4 is 5.73 Å². The van der Waals surface area contributed by atoms with Crippen LogP contribution in [0.5, 0.6) is 0 Å². The average Bonchev–Trinajstić information content (AvgIpc) is 2.01. The summed E-state index contributed by atoms with van der Waals surface area (Å²) >= 11 is 3.06. The van der Waals surface area contributed by atoms with Crippen LogP contribution in [0.3, 0.4) is 0 Å². The molecule has 0 atom stereocenters. The second-order valence-electron chi connectivity index (χ2n) is 2.60. The van der Waals surface area contributed by atoms with Crippen LogP contribution in [-0.2, 0) is 0 Å². The number of nitrogens with one attached hydrogen (secondary N) is 1. The van der Waals surface area contributed by atoms with E-state index in [4.69, 9.17) is 11.1 Å². The summed E-state index contributed by atoms with van der Waals surface area (Å²) in [6, 6.07) is 3.90. The van der Waals surface area contributed by atoms with Crippen LogP contribution in [-0.4, -0.2) is 11.9 Å². The van der Waals surface area contributed by atoms with Gasteiger partial charge in [0.2, 0.25) is 0 Å². The standard InChI is InChI=1S/C8H6BrF3N2/c9-4-1-2-5(6(13)3-4)7(14)8(10,11)12/h1-3,14H,13H2. The van der Waals surface area contributed by atoms with Gasteiger partial charge in [-0.3, -0.25) is 5.41 Å². The zero-order chi connectivity index (χ0) is 10.9. The zero-order valence-electron chi connectivity index (χ0n) is 6.82. The predicted octanol–water partition coefficient (Wildman–Crippen LogP) is 2.96. The first kappa shape index (κ1) is 11.0. The van der Waals surface area contributed by atoms with Crippen LogP contribution in [0.2, 0.25) is 0 Å². The van der Waals surface area contributed by atoms with E-state index in [1.54, 1.807) is 0 Å². The number of anilines is 1. The molecule has 0 aromatic heterocycles. The second kappa shape index (κ2) is 3.61. The zero-order valence-corrected chi connectivity index (χ0v) is 8.41. The minimum atomic E-state index is -4.66. The molecule has 2 nitrogen and oxygen atoms in total. The summed E-state index contributed by atoms with van der Waals surface area (Å²) in [5, 5.41) is 6.87. The van der Waals surface area contributed by atoms with E-state index in [2.05, 4.69) is 15.9 Å². The van der Waals surface area contributed by atoms with Gasteiger partial charge >= 0.3 is 6.18 Å². The maximum atomic E-state index is 12.1. The van der Waals surface area contributed by atoms with Gasteiger partial charge in [0.15, 0.2) is 0 Å². The fraction of sp³-hybridized carbons (Fsp3) is 0.125. The third-order valence-electron chi connectivity index (χ3n) is 1.57. The van der Waals surface area contributed by atoms with Crippen LogP contribution in [0.1, 0.15) is 5.56 Å². The lowest BCUT2D eigenvalue weighted by molar-refractivity contribution is -0.0587. The van der Waals surface area contributed by atoms with Crippen molar-refractivity contribution >= 4 is 27.3 Å². The third kappa shape index (κ3) is 2.25. The first-order valence-corrected chi connectivity index (χ1v) is 4.33. The van der Waals surface area contributed by atoms with E-state index < -0.39 is 11.9 Å². The van der Waals surface area contributed by atoms with Crippen molar-refractivity contribution in [2.24, 2.45) is 0 Å². The van der Waals surface area contributed by atoms with E-state index >= 15 is 0 Å². The molecule has 0 saturated carbocycles. The lowest BCUT2D eigenvalue weighted by Crippen LogP contribution is -2.23. The molecule has 0 aliphatic heterocycles. The molecular formula is C8H6BrF3N2. The van der Waals surface area contributed by atoms with Gasteiger partial charge in [-0.15, -0.1) is 0 Å². The second-order valence-corrected chi connectivity index (χ2v) is 3.52. The quantitative estimate of drug-likeness (QED) is 0.596. The van der Waals surface area contributed by atoms with Crippen molar-refractivity contribution in [1.82, 2.24) is 0 Å². The van der Waals surface area contributed by atoms with Crippen LogP contribution in [0, 0.1) is 5.41 Å². The van der Waals surface area contributed by atoms with E-state index in [1.807, 2.05) is 0 Å². The molecule has 0 amide bonds. The highest BCUT2D eigenvalue weighted by molar-refractivity contribution is 9.10. The molecule has 0 spiro atoms. The molecule has 6 heteroatoms. The molecule has 0 heterocycles. The van der Waals surface area contributed by atoms with Crippen LogP contribution >= 0.6 is 15.9 Å². The Morgan fingerprint density at radius 1 is 1.36 bits per heavy atom. The number of hydrogen-bond acceptors (Lipinski definition) is 2. The Bertz CT molecular complexity index is 373. The summed E-state index contributed by atoms with van der Waals surface area (Å²) in [6.07, 6.45) is -4.66. The van der Waals surface area contributed by atoms with Crippen LogP contribution in [0.15, 0.2) is 22.7 Å². The predicted molar refractivity (Wildman–Crippen MR) is 51.4 cm³/mol. The van der Waals surface area contributed by atoms with E-state index in [0.29, 0.717) is 4.47 Å². The lowest BCUT2D eigenvalue weighted by Gasteiger charge is -2.10. The third-order valence-corrected chi connectivity index (χ3v) is 2.06. The van der Waals surface area contributed by atoms with Gasteiger partial charge in [0.25, 0.3) is 0 Å². The maximum Gasteiger partial charge on any atom is 0.433 e. The van der Waals surface area contributed by atoms with Gasteiger partial charge in [0, 0.05) is 15.7 Å². The van der Waals surface area contributed by atoms with Gasteiger partial charge in [-0.1, -0.05) is 15.9 Å². The van der Waals surface area contributed by atoms with Crippen molar-refractivity contribution in [3.8, 4) is 0 Å². The minimum Gasteiger partial charge on any atom is -0.398 e. The van der Waals surface area contributed by atoms with Gasteiger partial charge in [-0.25, -0.2) is 0 Å². The van der Waals surface area contributed by atoms with Gasteiger partial charge in [0.05, 0.1) is 0 Å². The van der Waals surface area contributed by atoms with Crippen molar-refractivity contribution in [2.75, 3.05) is 5.73 Å². The van der Waals surface area contributed by atoms with E-state index in [0.717, 1.165) is 6.07 Å². The maximum absolute atomic E-state index is 12.1. The number of rotatable bonds is 1. The molecule has 0 bridgehead atoms. The van der Waals surface area contributed by atoms with Crippen molar-refractivity contribution in [3.63, 3.8) is 0 Å². The largest absolute Gasteiger partial charge is 0.433 e. The number of nitrogen functional groups attached to an aromatic ring is 1. The first-order valence-electron chi connectivity index (χ1n) is 3.53. The van der Waals surface area contributed by atoms with Crippen molar-refractivity contribution < 1.29 is 13.2 Å². The molecule has 0 aliphatic carbocycles. The fourth-order valence-corrected chi connectivity index (χ4v) is 1.29. The topological polar surface area (TPSA) is 49.9 Å². The monoisotopic (exact) mass is 266 g/mol. The molecule has 0 unspecified atom stereocenters. The summed E-state index contributed by atoms with van der Waals surface area (Å²) in [7, 11) is 0. The molecule has 0 fully saturated rings. The normalized spacial score (nSPS) is 11.4. The Morgan fingerprint density at radius 2 is 1.93 bits per heavy atom. The molecule has 14 heavy (non-hydrogen) atoms. The van der Waals surface area contributed by atoms with Gasteiger partial charge in [-0.05, 0) is 18.2 Å². The smallest absolute Gasteiger partial charge is 0.398 e. The minimum absolute atomic E-state index is 0.0679. The van der Waals surface area contributed by atoms with Crippen molar-refractivity contribution in [3.05, 3.63) is 28.2 Å². The average molecular weight is 267 g/mol. The number of nitrogens with two attached hydrogens (primary N) is 1. The summed E-state index contributed by atoms with van der Waals surface area (Å²) < 4.78 is 36.9. The molecule has 1 aromatic rings. The number of benzene rings is 1. The highest BCUT2D eigenvalue weighted by atomic mass is 79.9. The summed E-state index contributed by atoms with van der Waals surface area (Å²) in [5.74, 6) is 0. The number of hydrogen-bond donors (Lipinski definition) is 2. The lowest BCUT2D eigenvalue weighted by atomic mass is 10.1. The summed E-state index contributed by atoms with van der Waals surface area (Å²) in [4.78, 5) is 0. The molecule has 0 aliphatic rings. The molecule has 76 valence electrons. The van der Waals surface area contributed by atoms with E-state index in [1.165, 1.54) is 12.1 Å². The Morgan fingerprint density at radius 3 is 2.36 bits per heavy atom. The van der Waals surface area contributed by atoms with E-state index in [9.17, 15) is 13.2 Å². The van der Waals surface area contributed by atoms with Crippen LogP contribution in [0.25, 0.3) is 0 Å². The molecule has 1 aromatic carbocycles. The Kier molecular flexibility index (Phi) is 2.84. The summed E-state index contributed by atoms with van der Waals surface area (Å²) in [5.41, 5.74) is 3.55. The SMILES string of the molecule is N=C(c1ccc(Br)cc1N)C(F)(F)F. The Hall–Kier alpha value is -1.04. The molecule has 1 rings (SSSR count). The molecular weight excluding hydrogens is 261 g/mol. The van der Waals surface area contributed by atoms with Crippen molar-refractivity contribution in [2.45, 2.75) is 6.18 Å².